The van der Waals surface area contributed by atoms with Gasteiger partial charge >= 0.3 is 0 Å². The highest BCUT2D eigenvalue weighted by molar-refractivity contribution is 5.45. The number of aromatic amines is 1. The number of hydrogen-bond acceptors (Lipinski definition) is 6. The van der Waals surface area contributed by atoms with Crippen LogP contribution in [0.5, 0.6) is 11.5 Å². The summed E-state index contributed by atoms with van der Waals surface area (Å²) in [7, 11) is 1.62. The molecule has 8 heteroatoms. The van der Waals surface area contributed by atoms with E-state index in [-0.39, 0.29) is 11.7 Å². The van der Waals surface area contributed by atoms with E-state index in [1.54, 1.807) is 7.11 Å². The monoisotopic (exact) mass is 371 g/mol. The minimum atomic E-state index is -0.114. The standard InChI is InChI=1S/C19H25N5O3/c1-6-14-12(4)21-19-22-18(23-24(19)17(14)25)20-10-13-7-8-15(27-11(2)3)16(9-13)26-5/h7-9,11H,6,10H2,1-5H3,(H2,20,21,22,23). The molecule has 144 valence electrons. The molecule has 0 aliphatic heterocycles. The molecule has 2 N–H and O–H groups in total. The van der Waals surface area contributed by atoms with Gasteiger partial charge in [-0.15, -0.1) is 0 Å². The Kier molecular flexibility index (Phi) is 5.34. The molecule has 0 aliphatic rings. The summed E-state index contributed by atoms with van der Waals surface area (Å²) in [5, 5.41) is 6.15. The van der Waals surface area contributed by atoms with E-state index >= 15 is 0 Å². The van der Waals surface area contributed by atoms with Crippen molar-refractivity contribution in [2.75, 3.05) is 12.4 Å². The minimum Gasteiger partial charge on any atom is -0.493 e. The molecule has 0 aliphatic carbocycles. The van der Waals surface area contributed by atoms with Crippen LogP contribution >= 0.6 is 0 Å². The van der Waals surface area contributed by atoms with Gasteiger partial charge in [0.25, 0.3) is 11.3 Å². The Bertz CT molecular complexity index is 1010. The largest absolute Gasteiger partial charge is 0.493 e. The molecule has 1 aromatic carbocycles. The maximum atomic E-state index is 12.5. The Hall–Kier alpha value is -3.03. The summed E-state index contributed by atoms with van der Waals surface area (Å²) < 4.78 is 12.5. The van der Waals surface area contributed by atoms with Crippen LogP contribution in [-0.2, 0) is 13.0 Å². The minimum absolute atomic E-state index is 0.0701. The molecule has 2 aromatic heterocycles. The van der Waals surface area contributed by atoms with Gasteiger partial charge in [0.1, 0.15) is 0 Å². The average molecular weight is 371 g/mol. The average Bonchev–Trinajstić information content (AvgIpc) is 3.04. The van der Waals surface area contributed by atoms with Gasteiger partial charge in [0, 0.05) is 12.1 Å². The first-order chi connectivity index (χ1) is 12.9. The number of aryl methyl sites for hydroxylation is 1. The summed E-state index contributed by atoms with van der Waals surface area (Å²) >= 11 is 0. The first kappa shape index (κ1) is 18.8. The molecule has 0 fully saturated rings. The second kappa shape index (κ2) is 7.69. The molecular formula is C19H25N5O3. The number of aromatic nitrogens is 4. The van der Waals surface area contributed by atoms with E-state index in [0.29, 0.717) is 47.4 Å². The number of ether oxygens (including phenoxy) is 2. The van der Waals surface area contributed by atoms with Gasteiger partial charge < -0.3 is 14.8 Å². The number of fused-ring (bicyclic) bond motifs is 1. The van der Waals surface area contributed by atoms with Gasteiger partial charge in [0.15, 0.2) is 11.5 Å². The van der Waals surface area contributed by atoms with Crippen molar-refractivity contribution in [3.05, 3.63) is 45.4 Å². The Labute approximate surface area is 157 Å². The summed E-state index contributed by atoms with van der Waals surface area (Å²) in [5.74, 6) is 2.22. The van der Waals surface area contributed by atoms with Crippen molar-refractivity contribution in [3.63, 3.8) is 0 Å². The first-order valence-electron chi connectivity index (χ1n) is 8.98. The summed E-state index contributed by atoms with van der Waals surface area (Å²) in [6.45, 7) is 8.21. The summed E-state index contributed by atoms with van der Waals surface area (Å²) in [6.07, 6.45) is 0.702. The van der Waals surface area contributed by atoms with Gasteiger partial charge in [-0.25, -0.2) is 4.98 Å². The number of H-pyrrole nitrogens is 1. The van der Waals surface area contributed by atoms with Gasteiger partial charge in [-0.3, -0.25) is 9.89 Å². The number of methoxy groups -OCH3 is 1. The Morgan fingerprint density at radius 3 is 2.70 bits per heavy atom. The number of hydrogen-bond donors (Lipinski definition) is 2. The van der Waals surface area contributed by atoms with E-state index in [0.717, 1.165) is 5.56 Å². The number of benzene rings is 1. The third-order valence-corrected chi connectivity index (χ3v) is 4.20. The van der Waals surface area contributed by atoms with Crippen molar-refractivity contribution < 1.29 is 9.47 Å². The zero-order valence-electron chi connectivity index (χ0n) is 16.3. The molecule has 0 saturated heterocycles. The van der Waals surface area contributed by atoms with E-state index in [9.17, 15) is 4.79 Å². The Balaban J connectivity index is 1.80. The fourth-order valence-electron chi connectivity index (χ4n) is 2.90. The number of rotatable bonds is 7. The van der Waals surface area contributed by atoms with Crippen LogP contribution < -0.4 is 20.3 Å². The smallest absolute Gasteiger partial charge is 0.277 e. The lowest BCUT2D eigenvalue weighted by molar-refractivity contribution is 0.230. The third-order valence-electron chi connectivity index (χ3n) is 4.20. The van der Waals surface area contributed by atoms with Crippen LogP contribution in [-0.4, -0.2) is 32.8 Å². The lowest BCUT2D eigenvalue weighted by Gasteiger charge is -2.14. The van der Waals surface area contributed by atoms with E-state index in [2.05, 4.69) is 20.4 Å². The molecular weight excluding hydrogens is 346 g/mol. The fourth-order valence-corrected chi connectivity index (χ4v) is 2.90. The molecule has 0 bridgehead atoms. The highest BCUT2D eigenvalue weighted by atomic mass is 16.5. The van der Waals surface area contributed by atoms with E-state index < -0.39 is 0 Å². The maximum Gasteiger partial charge on any atom is 0.277 e. The lowest BCUT2D eigenvalue weighted by Crippen LogP contribution is -2.21. The number of nitrogens with one attached hydrogen (secondary N) is 2. The van der Waals surface area contributed by atoms with E-state index in [4.69, 9.17) is 9.47 Å². The van der Waals surface area contributed by atoms with Gasteiger partial charge in [-0.05, 0) is 44.9 Å². The van der Waals surface area contributed by atoms with E-state index in [1.807, 2.05) is 45.9 Å². The summed E-state index contributed by atoms with van der Waals surface area (Å²) in [6, 6.07) is 5.76. The molecule has 0 atom stereocenters. The van der Waals surface area contributed by atoms with Gasteiger partial charge in [-0.2, -0.15) is 9.50 Å². The highest BCUT2D eigenvalue weighted by Gasteiger charge is 2.12. The van der Waals surface area contributed by atoms with Crippen molar-refractivity contribution >= 4 is 11.7 Å². The highest BCUT2D eigenvalue weighted by Crippen LogP contribution is 2.29. The maximum absolute atomic E-state index is 12.5. The lowest BCUT2D eigenvalue weighted by atomic mass is 10.2. The van der Waals surface area contributed by atoms with E-state index in [1.165, 1.54) is 4.52 Å². The van der Waals surface area contributed by atoms with Crippen molar-refractivity contribution in [1.82, 2.24) is 19.6 Å². The van der Waals surface area contributed by atoms with Gasteiger partial charge in [-0.1, -0.05) is 13.0 Å². The van der Waals surface area contributed by atoms with Gasteiger partial charge in [0.05, 0.1) is 18.9 Å². The van der Waals surface area contributed by atoms with Crippen molar-refractivity contribution in [1.29, 1.82) is 0 Å². The summed E-state index contributed by atoms with van der Waals surface area (Å²) in [4.78, 5) is 21.2. The molecule has 0 saturated carbocycles. The zero-order valence-corrected chi connectivity index (χ0v) is 16.3. The second-order valence-corrected chi connectivity index (χ2v) is 6.55. The SMILES string of the molecule is CCc1c(C)nc2nc(NCc3ccc(OC(C)C)c(OC)c3)[nH]n2c1=O. The predicted octanol–water partition coefficient (Wildman–Crippen LogP) is 2.70. The molecule has 0 spiro atoms. The van der Waals surface area contributed by atoms with Crippen LogP contribution in [0.3, 0.4) is 0 Å². The van der Waals surface area contributed by atoms with Crippen molar-refractivity contribution in [2.24, 2.45) is 0 Å². The van der Waals surface area contributed by atoms with Crippen LogP contribution in [0.25, 0.3) is 5.78 Å². The van der Waals surface area contributed by atoms with Crippen LogP contribution in [0.2, 0.25) is 0 Å². The topological polar surface area (TPSA) is 93.5 Å². The molecule has 3 aromatic rings. The van der Waals surface area contributed by atoms with Crippen LogP contribution in [0, 0.1) is 6.92 Å². The zero-order chi connectivity index (χ0) is 19.6. The summed E-state index contributed by atoms with van der Waals surface area (Å²) in [5.41, 5.74) is 2.28. The van der Waals surface area contributed by atoms with Crippen LogP contribution in [0.4, 0.5) is 5.95 Å². The van der Waals surface area contributed by atoms with Crippen molar-refractivity contribution in [3.8, 4) is 11.5 Å². The predicted molar refractivity (Wildman–Crippen MR) is 104 cm³/mol. The quantitative estimate of drug-likeness (QED) is 0.663. The molecule has 0 radical (unpaired) electrons. The molecule has 0 amide bonds. The normalized spacial score (nSPS) is 11.2. The number of nitrogens with zero attached hydrogens (tertiary/aromatic N) is 3. The van der Waals surface area contributed by atoms with Gasteiger partial charge in [0.2, 0.25) is 5.95 Å². The molecule has 27 heavy (non-hydrogen) atoms. The molecule has 8 nitrogen and oxygen atoms in total. The molecule has 0 unspecified atom stereocenters. The fraction of sp³-hybridized carbons (Fsp3) is 0.421. The van der Waals surface area contributed by atoms with Crippen LogP contribution in [0.15, 0.2) is 23.0 Å². The van der Waals surface area contributed by atoms with Crippen LogP contribution in [0.1, 0.15) is 37.6 Å². The second-order valence-electron chi connectivity index (χ2n) is 6.55. The molecule has 3 rings (SSSR count). The Morgan fingerprint density at radius 1 is 1.26 bits per heavy atom. The number of anilines is 1. The Morgan fingerprint density at radius 2 is 2.04 bits per heavy atom. The van der Waals surface area contributed by atoms with Crippen molar-refractivity contribution in [2.45, 2.75) is 46.8 Å². The first-order valence-corrected chi connectivity index (χ1v) is 8.98. The third kappa shape index (κ3) is 3.89. The molecule has 2 heterocycles.